The van der Waals surface area contributed by atoms with Crippen LogP contribution in [0.15, 0.2) is 22.7 Å². The number of aryl methyl sites for hydroxylation is 1. The van der Waals surface area contributed by atoms with Crippen molar-refractivity contribution in [2.75, 3.05) is 11.9 Å². The van der Waals surface area contributed by atoms with Crippen molar-refractivity contribution in [1.82, 2.24) is 5.32 Å². The zero-order chi connectivity index (χ0) is 11.5. The van der Waals surface area contributed by atoms with Gasteiger partial charge in [0.2, 0.25) is 5.91 Å². The predicted molar refractivity (Wildman–Crippen MR) is 68.5 cm³/mol. The van der Waals surface area contributed by atoms with Crippen molar-refractivity contribution in [3.8, 4) is 0 Å². The van der Waals surface area contributed by atoms with Gasteiger partial charge in [0.1, 0.15) is 0 Å². The Morgan fingerprint density at radius 1 is 1.50 bits per heavy atom. The molecule has 2 N–H and O–H groups in total. The molecular formula is C12H15BrN2O. The largest absolute Gasteiger partial charge is 0.375 e. The molecule has 0 aromatic heterocycles. The predicted octanol–water partition coefficient (Wildman–Crippen LogP) is 2.45. The third-order valence-corrected chi connectivity index (χ3v) is 3.63. The molecule has 1 aromatic carbocycles. The van der Waals surface area contributed by atoms with E-state index in [0.29, 0.717) is 12.6 Å². The molecule has 1 aromatic rings. The monoisotopic (exact) mass is 282 g/mol. The standard InChI is InChI=1S/C12H15BrN2O/c1-8-3-2-4-10(12(8)13)14-7-11(16)15-9-5-6-9/h2-4,9,14H,5-7H2,1H3,(H,15,16). The highest BCUT2D eigenvalue weighted by Gasteiger charge is 2.22. The lowest BCUT2D eigenvalue weighted by Crippen LogP contribution is -2.31. The molecule has 0 radical (unpaired) electrons. The molecule has 0 aliphatic heterocycles. The lowest BCUT2D eigenvalue weighted by Gasteiger charge is -2.10. The molecule has 4 heteroatoms. The van der Waals surface area contributed by atoms with E-state index in [2.05, 4.69) is 26.6 Å². The van der Waals surface area contributed by atoms with Crippen LogP contribution in [-0.2, 0) is 4.79 Å². The molecule has 0 atom stereocenters. The lowest BCUT2D eigenvalue weighted by molar-refractivity contribution is -0.119. The van der Waals surface area contributed by atoms with Crippen LogP contribution in [0.25, 0.3) is 0 Å². The number of carbonyl (C=O) groups is 1. The van der Waals surface area contributed by atoms with Crippen molar-refractivity contribution < 1.29 is 4.79 Å². The Labute approximate surface area is 104 Å². The summed E-state index contributed by atoms with van der Waals surface area (Å²) in [5.74, 6) is 0.0657. The van der Waals surface area contributed by atoms with E-state index in [9.17, 15) is 4.79 Å². The third-order valence-electron chi connectivity index (χ3n) is 2.57. The minimum atomic E-state index is 0.0657. The molecule has 0 saturated heterocycles. The molecule has 0 spiro atoms. The van der Waals surface area contributed by atoms with Crippen molar-refractivity contribution in [3.63, 3.8) is 0 Å². The molecule has 3 nitrogen and oxygen atoms in total. The van der Waals surface area contributed by atoms with Crippen LogP contribution in [0.3, 0.4) is 0 Å². The number of anilines is 1. The fourth-order valence-corrected chi connectivity index (χ4v) is 1.87. The average molecular weight is 283 g/mol. The van der Waals surface area contributed by atoms with Gasteiger partial charge in [-0.1, -0.05) is 12.1 Å². The first kappa shape index (κ1) is 11.5. The van der Waals surface area contributed by atoms with Gasteiger partial charge in [0.25, 0.3) is 0 Å². The van der Waals surface area contributed by atoms with E-state index in [1.165, 1.54) is 0 Å². The van der Waals surface area contributed by atoms with Gasteiger partial charge in [0.15, 0.2) is 0 Å². The van der Waals surface area contributed by atoms with Crippen molar-refractivity contribution >= 4 is 27.5 Å². The average Bonchev–Trinajstić information content (AvgIpc) is 3.04. The van der Waals surface area contributed by atoms with Crippen LogP contribution in [0.2, 0.25) is 0 Å². The molecule has 0 heterocycles. The van der Waals surface area contributed by atoms with Crippen molar-refractivity contribution in [3.05, 3.63) is 28.2 Å². The topological polar surface area (TPSA) is 41.1 Å². The smallest absolute Gasteiger partial charge is 0.239 e. The second kappa shape index (κ2) is 4.87. The maximum Gasteiger partial charge on any atom is 0.239 e. The van der Waals surface area contributed by atoms with E-state index in [0.717, 1.165) is 28.6 Å². The molecule has 2 rings (SSSR count). The number of hydrogen-bond acceptors (Lipinski definition) is 2. The first-order chi connectivity index (χ1) is 7.66. The Balaban J connectivity index is 1.88. The highest BCUT2D eigenvalue weighted by Crippen LogP contribution is 2.25. The Kier molecular flexibility index (Phi) is 3.49. The van der Waals surface area contributed by atoms with Crippen LogP contribution in [-0.4, -0.2) is 18.5 Å². The summed E-state index contributed by atoms with van der Waals surface area (Å²) in [6, 6.07) is 6.39. The molecular weight excluding hydrogens is 268 g/mol. The van der Waals surface area contributed by atoms with Crippen molar-refractivity contribution in [1.29, 1.82) is 0 Å². The van der Waals surface area contributed by atoms with Gasteiger partial charge in [-0.25, -0.2) is 0 Å². The summed E-state index contributed by atoms with van der Waals surface area (Å²) in [7, 11) is 0. The number of halogens is 1. The Bertz CT molecular complexity index is 402. The molecule has 1 amide bonds. The molecule has 16 heavy (non-hydrogen) atoms. The van der Waals surface area contributed by atoms with E-state index >= 15 is 0 Å². The zero-order valence-corrected chi connectivity index (χ0v) is 10.8. The van der Waals surface area contributed by atoms with Gasteiger partial charge in [-0.3, -0.25) is 4.79 Å². The lowest BCUT2D eigenvalue weighted by atomic mass is 10.2. The minimum absolute atomic E-state index is 0.0657. The fourth-order valence-electron chi connectivity index (χ4n) is 1.47. The maximum atomic E-state index is 11.5. The first-order valence-corrected chi connectivity index (χ1v) is 6.24. The van der Waals surface area contributed by atoms with Crippen molar-refractivity contribution in [2.24, 2.45) is 0 Å². The highest BCUT2D eigenvalue weighted by atomic mass is 79.9. The molecule has 0 bridgehead atoms. The first-order valence-electron chi connectivity index (χ1n) is 5.45. The van der Waals surface area contributed by atoms with Gasteiger partial charge in [0.05, 0.1) is 6.54 Å². The number of hydrogen-bond donors (Lipinski definition) is 2. The van der Waals surface area contributed by atoms with E-state index in [-0.39, 0.29) is 5.91 Å². The SMILES string of the molecule is Cc1cccc(NCC(=O)NC2CC2)c1Br. The summed E-state index contributed by atoms with van der Waals surface area (Å²) >= 11 is 3.50. The van der Waals surface area contributed by atoms with Crippen LogP contribution in [0.4, 0.5) is 5.69 Å². The number of benzene rings is 1. The summed E-state index contributed by atoms with van der Waals surface area (Å²) in [5, 5.41) is 6.07. The Hall–Kier alpha value is -1.03. The van der Waals surface area contributed by atoms with Gasteiger partial charge >= 0.3 is 0 Å². The molecule has 0 unspecified atom stereocenters. The maximum absolute atomic E-state index is 11.5. The number of nitrogens with one attached hydrogen (secondary N) is 2. The van der Waals surface area contributed by atoms with Gasteiger partial charge in [-0.05, 0) is 47.3 Å². The van der Waals surface area contributed by atoms with Crippen LogP contribution in [0, 0.1) is 6.92 Å². The van der Waals surface area contributed by atoms with E-state index in [4.69, 9.17) is 0 Å². The van der Waals surface area contributed by atoms with E-state index in [1.54, 1.807) is 0 Å². The van der Waals surface area contributed by atoms with Gasteiger partial charge < -0.3 is 10.6 Å². The number of carbonyl (C=O) groups excluding carboxylic acids is 1. The van der Waals surface area contributed by atoms with Crippen LogP contribution in [0.5, 0.6) is 0 Å². The Morgan fingerprint density at radius 2 is 2.25 bits per heavy atom. The van der Waals surface area contributed by atoms with E-state index < -0.39 is 0 Å². The van der Waals surface area contributed by atoms with Crippen molar-refractivity contribution in [2.45, 2.75) is 25.8 Å². The second-order valence-electron chi connectivity index (χ2n) is 4.13. The zero-order valence-electron chi connectivity index (χ0n) is 9.22. The fraction of sp³-hybridized carbons (Fsp3) is 0.417. The van der Waals surface area contributed by atoms with Gasteiger partial charge in [-0.2, -0.15) is 0 Å². The second-order valence-corrected chi connectivity index (χ2v) is 4.92. The van der Waals surface area contributed by atoms with Crippen LogP contribution in [0.1, 0.15) is 18.4 Å². The summed E-state index contributed by atoms with van der Waals surface area (Å²) in [6.07, 6.45) is 2.25. The van der Waals surface area contributed by atoms with Crippen LogP contribution < -0.4 is 10.6 Å². The summed E-state index contributed by atoms with van der Waals surface area (Å²) in [5.41, 5.74) is 2.12. The minimum Gasteiger partial charge on any atom is -0.375 e. The molecule has 1 aliphatic carbocycles. The Morgan fingerprint density at radius 3 is 2.94 bits per heavy atom. The molecule has 86 valence electrons. The van der Waals surface area contributed by atoms with Gasteiger partial charge in [0, 0.05) is 16.2 Å². The molecule has 1 aliphatic rings. The summed E-state index contributed by atoms with van der Waals surface area (Å²) < 4.78 is 1.02. The molecule has 1 fully saturated rings. The van der Waals surface area contributed by atoms with Gasteiger partial charge in [-0.15, -0.1) is 0 Å². The number of amides is 1. The summed E-state index contributed by atoms with van der Waals surface area (Å²) in [4.78, 5) is 11.5. The quantitative estimate of drug-likeness (QED) is 0.891. The summed E-state index contributed by atoms with van der Waals surface area (Å²) in [6.45, 7) is 2.36. The highest BCUT2D eigenvalue weighted by molar-refractivity contribution is 9.10. The molecule has 1 saturated carbocycles. The number of rotatable bonds is 4. The normalized spacial score (nSPS) is 14.6. The third kappa shape index (κ3) is 2.98. The van der Waals surface area contributed by atoms with E-state index in [1.807, 2.05) is 25.1 Å². The van der Waals surface area contributed by atoms with Crippen LogP contribution >= 0.6 is 15.9 Å².